The molecule has 2 amide bonds. The number of likely N-dealkylation sites (N-methyl/N-ethyl adjacent to an activating group) is 1. The molecule has 0 aromatic heterocycles. The normalized spacial score (nSPS) is 11.8. The maximum Gasteiger partial charge on any atom is 0.410 e. The summed E-state index contributed by atoms with van der Waals surface area (Å²) < 4.78 is 23.2. The molecule has 0 aliphatic carbocycles. The van der Waals surface area contributed by atoms with E-state index in [1.807, 2.05) is 90.1 Å². The van der Waals surface area contributed by atoms with Gasteiger partial charge in [-0.1, -0.05) is 109 Å². The van der Waals surface area contributed by atoms with Gasteiger partial charge in [0, 0.05) is 40.3 Å². The van der Waals surface area contributed by atoms with Crippen LogP contribution in [0, 0.1) is 0 Å². The molecule has 0 atom stereocenters. The minimum atomic E-state index is -0.611. The molecule has 0 heterocycles. The summed E-state index contributed by atoms with van der Waals surface area (Å²) >= 11 is 0. The van der Waals surface area contributed by atoms with E-state index in [0.717, 1.165) is 65.3 Å². The summed E-state index contributed by atoms with van der Waals surface area (Å²) in [5, 5.41) is 14.8. The molecule has 0 unspecified atom stereocenters. The lowest BCUT2D eigenvalue weighted by Crippen LogP contribution is -2.34. The number of hydrogen-bond acceptors (Lipinski definition) is 10. The van der Waals surface area contributed by atoms with Crippen LogP contribution < -0.4 is 20.1 Å². The number of benzene rings is 7. The minimum Gasteiger partial charge on any atom is -0.482 e. The first-order valence-electron chi connectivity index (χ1n) is 23.0. The van der Waals surface area contributed by atoms with Crippen molar-refractivity contribution < 1.29 is 38.1 Å². The quantitative estimate of drug-likeness (QED) is 0.0633. The zero-order valence-electron chi connectivity index (χ0n) is 40.4. The number of nitrogens with one attached hydrogen (secondary N) is 2. The summed E-state index contributed by atoms with van der Waals surface area (Å²) in [6.45, 7) is 12.4. The second kappa shape index (κ2) is 21.3. The number of para-hydroxylation sites is 2. The van der Waals surface area contributed by atoms with Crippen molar-refractivity contribution in [3.8, 4) is 11.5 Å². The maximum atomic E-state index is 13.7. The summed E-state index contributed by atoms with van der Waals surface area (Å²) in [7, 11) is 3.50. The molecular weight excluding hydrogens is 857 g/mol. The molecule has 7 aromatic rings. The molecule has 0 saturated heterocycles. The van der Waals surface area contributed by atoms with Crippen molar-refractivity contribution >= 4 is 66.8 Å². The Morgan fingerprint density at radius 1 is 0.456 bits per heavy atom. The Balaban J connectivity index is 0.970. The van der Waals surface area contributed by atoms with Crippen LogP contribution in [-0.4, -0.2) is 85.2 Å². The third kappa shape index (κ3) is 12.1. The highest BCUT2D eigenvalue weighted by atomic mass is 16.6. The zero-order chi connectivity index (χ0) is 48.6. The van der Waals surface area contributed by atoms with Crippen molar-refractivity contribution in [2.45, 2.75) is 78.9 Å². The number of esters is 1. The van der Waals surface area contributed by atoms with Crippen LogP contribution in [0.1, 0.15) is 63.8 Å². The van der Waals surface area contributed by atoms with Crippen LogP contribution in [0.25, 0.3) is 43.1 Å². The Hall–Kier alpha value is -7.02. The van der Waals surface area contributed by atoms with E-state index in [9.17, 15) is 19.2 Å². The van der Waals surface area contributed by atoms with Crippen molar-refractivity contribution in [1.29, 1.82) is 0 Å². The molecule has 2 N–H and O–H groups in total. The average molecular weight is 919 g/mol. The van der Waals surface area contributed by atoms with Gasteiger partial charge in [-0.3, -0.25) is 14.4 Å². The predicted molar refractivity (Wildman–Crippen MR) is 269 cm³/mol. The Labute approximate surface area is 398 Å². The molecule has 0 aliphatic heterocycles. The smallest absolute Gasteiger partial charge is 0.410 e. The molecular formula is C56H62N4O8. The first kappa shape index (κ1) is 48.9. The Bertz CT molecular complexity index is 2860. The molecule has 354 valence electrons. The summed E-state index contributed by atoms with van der Waals surface area (Å²) in [5.41, 5.74) is 2.94. The van der Waals surface area contributed by atoms with E-state index >= 15 is 0 Å². The van der Waals surface area contributed by atoms with Gasteiger partial charge in [0.1, 0.15) is 17.8 Å². The fourth-order valence-electron chi connectivity index (χ4n) is 8.45. The molecule has 12 nitrogen and oxygen atoms in total. The molecule has 0 fully saturated rings. The Morgan fingerprint density at radius 3 is 1.22 bits per heavy atom. The van der Waals surface area contributed by atoms with Crippen LogP contribution in [0.4, 0.5) is 4.79 Å². The lowest BCUT2D eigenvalue weighted by molar-refractivity contribution is -0.153. The van der Waals surface area contributed by atoms with Crippen LogP contribution in [0.15, 0.2) is 121 Å². The second-order valence-electron chi connectivity index (χ2n) is 19.0. The van der Waals surface area contributed by atoms with E-state index in [-0.39, 0.29) is 44.0 Å². The van der Waals surface area contributed by atoms with E-state index < -0.39 is 17.3 Å². The van der Waals surface area contributed by atoms with Gasteiger partial charge in [0.2, 0.25) is 0 Å². The summed E-state index contributed by atoms with van der Waals surface area (Å²) in [4.78, 5) is 55.7. The van der Waals surface area contributed by atoms with E-state index in [2.05, 4.69) is 59.2 Å². The van der Waals surface area contributed by atoms with Crippen LogP contribution >= 0.6 is 0 Å². The highest BCUT2D eigenvalue weighted by Crippen LogP contribution is 2.36. The van der Waals surface area contributed by atoms with Crippen LogP contribution in [0.3, 0.4) is 0 Å². The second-order valence-corrected chi connectivity index (χ2v) is 19.0. The molecule has 7 aromatic carbocycles. The number of fused-ring (bicyclic) bond motifs is 4. The van der Waals surface area contributed by atoms with Gasteiger partial charge >= 0.3 is 12.1 Å². The summed E-state index contributed by atoms with van der Waals surface area (Å²) in [6.07, 6.45) is -0.394. The number of ketones is 1. The number of nitrogens with zero attached hydrogens (tertiary/aromatic N) is 2. The molecule has 0 aliphatic rings. The van der Waals surface area contributed by atoms with Gasteiger partial charge in [-0.25, -0.2) is 4.79 Å². The third-order valence-electron chi connectivity index (χ3n) is 11.4. The minimum absolute atomic E-state index is 0.0605. The molecule has 0 spiro atoms. The molecule has 7 rings (SSSR count). The van der Waals surface area contributed by atoms with Gasteiger partial charge in [0.25, 0.3) is 5.91 Å². The lowest BCUT2D eigenvalue weighted by Gasteiger charge is -2.26. The van der Waals surface area contributed by atoms with Crippen LogP contribution in [0.5, 0.6) is 11.5 Å². The fraction of sp³-hybridized carbons (Fsp3) is 0.321. The first-order valence-corrected chi connectivity index (χ1v) is 23.0. The Kier molecular flexibility index (Phi) is 15.3. The highest BCUT2D eigenvalue weighted by molar-refractivity contribution is 6.07. The topological polar surface area (TPSA) is 136 Å². The zero-order valence-corrected chi connectivity index (χ0v) is 40.4. The number of amides is 2. The number of ether oxygens (including phenoxy) is 4. The van der Waals surface area contributed by atoms with E-state index in [1.54, 1.807) is 48.2 Å². The van der Waals surface area contributed by atoms with Crippen molar-refractivity contribution in [2.75, 3.05) is 40.4 Å². The van der Waals surface area contributed by atoms with Crippen LogP contribution in [-0.2, 0) is 50.0 Å². The predicted octanol–water partition coefficient (Wildman–Crippen LogP) is 9.87. The van der Waals surface area contributed by atoms with Crippen molar-refractivity contribution in [3.05, 3.63) is 144 Å². The number of carbonyl (C=O) groups excluding carboxylic acids is 4. The third-order valence-corrected chi connectivity index (χ3v) is 11.4. The van der Waals surface area contributed by atoms with Crippen molar-refractivity contribution in [3.63, 3.8) is 0 Å². The molecule has 0 saturated carbocycles. The monoisotopic (exact) mass is 918 g/mol. The van der Waals surface area contributed by atoms with Gasteiger partial charge < -0.3 is 39.4 Å². The van der Waals surface area contributed by atoms with Gasteiger partial charge in [-0.2, -0.15) is 0 Å². The SMILES string of the molecule is CN(Cc1c2ccccc2c(CNCC(=O)OC(C)(C)C)c2ccccc12)C(=O)COc1ccccc1OCC(=O)CNCc1c2ccccc2c(CN(C)C(=O)OC(C)(C)C)c2ccccc12. The average Bonchev–Trinajstić information content (AvgIpc) is 3.30. The maximum absolute atomic E-state index is 13.7. The molecule has 68 heavy (non-hydrogen) atoms. The van der Waals surface area contributed by atoms with E-state index in [1.165, 1.54) is 0 Å². The Morgan fingerprint density at radius 2 is 0.809 bits per heavy atom. The summed E-state index contributed by atoms with van der Waals surface area (Å²) in [5.74, 6) is -0.0103. The highest BCUT2D eigenvalue weighted by Gasteiger charge is 2.23. The van der Waals surface area contributed by atoms with Gasteiger partial charge in [0.05, 0.1) is 13.1 Å². The summed E-state index contributed by atoms with van der Waals surface area (Å²) in [6, 6.07) is 39.5. The molecule has 0 radical (unpaired) electrons. The molecule has 0 bridgehead atoms. The van der Waals surface area contributed by atoms with Gasteiger partial charge in [-0.05, 0) is 119 Å². The fourth-order valence-corrected chi connectivity index (χ4v) is 8.45. The number of Topliss-reactive ketones (excluding diaryl/α,β-unsaturated/α-hetero) is 1. The van der Waals surface area contributed by atoms with E-state index in [0.29, 0.717) is 37.7 Å². The first-order chi connectivity index (χ1) is 32.5. The number of rotatable bonds is 18. The van der Waals surface area contributed by atoms with Crippen molar-refractivity contribution in [2.24, 2.45) is 0 Å². The lowest BCUT2D eigenvalue weighted by atomic mass is 9.91. The van der Waals surface area contributed by atoms with E-state index in [4.69, 9.17) is 18.9 Å². The van der Waals surface area contributed by atoms with Gasteiger partial charge in [0.15, 0.2) is 23.9 Å². The van der Waals surface area contributed by atoms with Gasteiger partial charge in [-0.15, -0.1) is 0 Å². The molecule has 12 heteroatoms. The largest absolute Gasteiger partial charge is 0.482 e. The number of hydrogen-bond donors (Lipinski definition) is 2. The number of carbonyl (C=O) groups is 4. The van der Waals surface area contributed by atoms with Crippen molar-refractivity contribution in [1.82, 2.24) is 20.4 Å². The standard InChI is InChI=1S/C56H62N4O8/c1-55(2,3)67-53(63)32-58-31-47-38-19-9-13-23-42(38)48(43-24-14-10-20-39(43)47)33-59(7)52(62)36-66-51-28-18-17-27-50(51)65-35-37(61)29-57-30-46-40-21-11-15-25-44(40)49(45-26-16-12-22-41(45)46)34-60(8)54(64)68-56(4,5)6/h9-28,57-58H,29-36H2,1-8H3. The van der Waals surface area contributed by atoms with Crippen LogP contribution in [0.2, 0.25) is 0 Å².